The standard InChI is InChI=1S/C17H25ClN2O2/c1-11-7-12(2)10-20(9-11)13(3)17(21)19-15-8-14(18)5-6-16(15)22-4/h5-6,8,11-13H,7,9-10H2,1-4H3,(H,19,21)/p+1/t11-,12+,13-/m0/s1. The van der Waals surface area contributed by atoms with Gasteiger partial charge in [0.2, 0.25) is 0 Å². The van der Waals surface area contributed by atoms with Gasteiger partial charge in [-0.2, -0.15) is 0 Å². The Morgan fingerprint density at radius 1 is 1.36 bits per heavy atom. The molecule has 1 aliphatic heterocycles. The van der Waals surface area contributed by atoms with Crippen LogP contribution in [0.5, 0.6) is 5.75 Å². The maximum atomic E-state index is 12.6. The third-order valence-corrected chi connectivity index (χ3v) is 4.69. The first-order chi connectivity index (χ1) is 10.4. The summed E-state index contributed by atoms with van der Waals surface area (Å²) in [5.74, 6) is 1.96. The minimum absolute atomic E-state index is 0.0110. The lowest BCUT2D eigenvalue weighted by Gasteiger charge is -2.35. The van der Waals surface area contributed by atoms with Gasteiger partial charge in [-0.25, -0.2) is 0 Å². The van der Waals surface area contributed by atoms with Gasteiger partial charge in [-0.3, -0.25) is 4.79 Å². The van der Waals surface area contributed by atoms with E-state index in [1.807, 2.05) is 6.92 Å². The van der Waals surface area contributed by atoms with Crippen LogP contribution in [0, 0.1) is 11.8 Å². The predicted octanol–water partition coefficient (Wildman–Crippen LogP) is 2.24. The molecule has 4 nitrogen and oxygen atoms in total. The van der Waals surface area contributed by atoms with Gasteiger partial charge in [-0.15, -0.1) is 0 Å². The number of benzene rings is 1. The number of nitrogens with one attached hydrogen (secondary N) is 2. The number of anilines is 1. The summed E-state index contributed by atoms with van der Waals surface area (Å²) >= 11 is 6.01. The molecule has 1 saturated heterocycles. The summed E-state index contributed by atoms with van der Waals surface area (Å²) in [7, 11) is 1.58. The molecule has 0 aliphatic carbocycles. The molecule has 1 aromatic carbocycles. The van der Waals surface area contributed by atoms with Crippen molar-refractivity contribution in [3.63, 3.8) is 0 Å². The van der Waals surface area contributed by atoms with Crippen LogP contribution in [0.25, 0.3) is 0 Å². The van der Waals surface area contributed by atoms with Crippen LogP contribution in [0.2, 0.25) is 5.02 Å². The Labute approximate surface area is 137 Å². The molecule has 2 N–H and O–H groups in total. The number of carbonyl (C=O) groups excluding carboxylic acids is 1. The third kappa shape index (κ3) is 4.14. The molecule has 5 heteroatoms. The molecule has 0 spiro atoms. The van der Waals surface area contributed by atoms with Gasteiger partial charge in [0.1, 0.15) is 5.75 Å². The molecule has 2 rings (SSSR count). The van der Waals surface area contributed by atoms with Crippen molar-refractivity contribution < 1.29 is 14.4 Å². The third-order valence-electron chi connectivity index (χ3n) is 4.45. The lowest BCUT2D eigenvalue weighted by Crippen LogP contribution is -3.18. The first-order valence-corrected chi connectivity index (χ1v) is 8.27. The van der Waals surface area contributed by atoms with Gasteiger partial charge in [0, 0.05) is 16.9 Å². The van der Waals surface area contributed by atoms with Crippen LogP contribution >= 0.6 is 11.6 Å². The zero-order valence-corrected chi connectivity index (χ0v) is 14.5. The number of hydrogen-bond acceptors (Lipinski definition) is 2. The second-order valence-electron chi connectivity index (χ2n) is 6.57. The van der Waals surface area contributed by atoms with Crippen LogP contribution in [-0.4, -0.2) is 32.1 Å². The molecule has 0 aromatic heterocycles. The van der Waals surface area contributed by atoms with E-state index in [1.165, 1.54) is 11.3 Å². The minimum atomic E-state index is -0.0890. The second-order valence-corrected chi connectivity index (χ2v) is 7.00. The van der Waals surface area contributed by atoms with E-state index in [1.54, 1.807) is 25.3 Å². The van der Waals surface area contributed by atoms with Crippen LogP contribution < -0.4 is 15.0 Å². The lowest BCUT2D eigenvalue weighted by molar-refractivity contribution is -0.925. The number of piperidine rings is 1. The number of carbonyl (C=O) groups is 1. The first kappa shape index (κ1) is 17.1. The zero-order valence-electron chi connectivity index (χ0n) is 13.8. The van der Waals surface area contributed by atoms with Gasteiger partial charge in [0.15, 0.2) is 6.04 Å². The number of hydrogen-bond donors (Lipinski definition) is 2. The van der Waals surface area contributed by atoms with Crippen molar-refractivity contribution in [2.45, 2.75) is 33.2 Å². The molecule has 22 heavy (non-hydrogen) atoms. The fourth-order valence-corrected chi connectivity index (χ4v) is 3.56. The molecule has 1 aromatic rings. The smallest absolute Gasteiger partial charge is 0.282 e. The molecule has 1 heterocycles. The van der Waals surface area contributed by atoms with E-state index >= 15 is 0 Å². The van der Waals surface area contributed by atoms with Gasteiger partial charge in [-0.1, -0.05) is 25.4 Å². The van der Waals surface area contributed by atoms with E-state index in [9.17, 15) is 4.79 Å². The first-order valence-electron chi connectivity index (χ1n) is 7.89. The fraction of sp³-hybridized carbons (Fsp3) is 0.588. The summed E-state index contributed by atoms with van der Waals surface area (Å²) in [6.45, 7) is 8.62. The van der Waals surface area contributed by atoms with Crippen molar-refractivity contribution >= 4 is 23.2 Å². The zero-order chi connectivity index (χ0) is 16.3. The van der Waals surface area contributed by atoms with Crippen molar-refractivity contribution in [2.24, 2.45) is 11.8 Å². The van der Waals surface area contributed by atoms with Crippen molar-refractivity contribution in [3.05, 3.63) is 23.2 Å². The molecule has 0 saturated carbocycles. The highest BCUT2D eigenvalue weighted by Gasteiger charge is 2.32. The van der Waals surface area contributed by atoms with Gasteiger partial charge < -0.3 is 15.0 Å². The number of methoxy groups -OCH3 is 1. The highest BCUT2D eigenvalue weighted by molar-refractivity contribution is 6.31. The summed E-state index contributed by atoms with van der Waals surface area (Å²) in [5, 5.41) is 3.54. The highest BCUT2D eigenvalue weighted by Crippen LogP contribution is 2.27. The Bertz CT molecular complexity index is 525. The normalized spacial score (nSPS) is 26.3. The van der Waals surface area contributed by atoms with Gasteiger partial charge in [-0.05, 0) is 31.5 Å². The van der Waals surface area contributed by atoms with Gasteiger partial charge in [0.05, 0.1) is 25.9 Å². The number of ether oxygens (including phenoxy) is 1. The minimum Gasteiger partial charge on any atom is -0.495 e. The Kier molecular flexibility index (Phi) is 5.70. The van der Waals surface area contributed by atoms with Crippen molar-refractivity contribution in [2.75, 3.05) is 25.5 Å². The van der Waals surface area contributed by atoms with E-state index in [2.05, 4.69) is 19.2 Å². The van der Waals surface area contributed by atoms with Crippen molar-refractivity contribution in [1.82, 2.24) is 0 Å². The molecular weight excluding hydrogens is 300 g/mol. The predicted molar refractivity (Wildman–Crippen MR) is 89.7 cm³/mol. The number of likely N-dealkylation sites (tertiary alicyclic amines) is 1. The fourth-order valence-electron chi connectivity index (χ4n) is 3.39. The number of rotatable bonds is 4. The van der Waals surface area contributed by atoms with E-state index < -0.39 is 0 Å². The van der Waals surface area contributed by atoms with E-state index in [0.29, 0.717) is 28.3 Å². The Hall–Kier alpha value is -1.26. The summed E-state index contributed by atoms with van der Waals surface area (Å²) in [6, 6.07) is 5.15. The average Bonchev–Trinajstić information content (AvgIpc) is 2.45. The average molecular weight is 326 g/mol. The molecule has 1 aliphatic rings. The van der Waals surface area contributed by atoms with Gasteiger partial charge in [0.25, 0.3) is 5.91 Å². The van der Waals surface area contributed by atoms with Crippen LogP contribution in [0.1, 0.15) is 27.2 Å². The van der Waals surface area contributed by atoms with Crippen molar-refractivity contribution in [1.29, 1.82) is 0 Å². The number of halogens is 1. The largest absolute Gasteiger partial charge is 0.495 e. The second kappa shape index (κ2) is 7.34. The summed E-state index contributed by atoms with van der Waals surface area (Å²) in [5.41, 5.74) is 0.629. The van der Waals surface area contributed by atoms with E-state index in [0.717, 1.165) is 13.1 Å². The molecule has 1 amide bonds. The van der Waals surface area contributed by atoms with Crippen LogP contribution in [-0.2, 0) is 4.79 Å². The highest BCUT2D eigenvalue weighted by atomic mass is 35.5. The quantitative estimate of drug-likeness (QED) is 0.891. The molecular formula is C17H26ClN2O2+. The Morgan fingerprint density at radius 3 is 2.59 bits per heavy atom. The maximum absolute atomic E-state index is 12.6. The monoisotopic (exact) mass is 325 g/mol. The summed E-state index contributed by atoms with van der Waals surface area (Å²) < 4.78 is 5.28. The lowest BCUT2D eigenvalue weighted by atomic mass is 9.91. The molecule has 0 radical (unpaired) electrons. The Balaban J connectivity index is 2.07. The summed E-state index contributed by atoms with van der Waals surface area (Å²) in [6.07, 6.45) is 1.25. The number of amides is 1. The molecule has 1 fully saturated rings. The van der Waals surface area contributed by atoms with Crippen LogP contribution in [0.4, 0.5) is 5.69 Å². The Morgan fingerprint density at radius 2 is 2.00 bits per heavy atom. The van der Waals surface area contributed by atoms with Crippen molar-refractivity contribution in [3.8, 4) is 5.75 Å². The molecule has 122 valence electrons. The van der Waals surface area contributed by atoms with Crippen LogP contribution in [0.15, 0.2) is 18.2 Å². The molecule has 1 unspecified atom stereocenters. The summed E-state index contributed by atoms with van der Waals surface area (Å²) in [4.78, 5) is 13.9. The van der Waals surface area contributed by atoms with E-state index in [-0.39, 0.29) is 11.9 Å². The topological polar surface area (TPSA) is 42.8 Å². The SMILES string of the molecule is COc1ccc(Cl)cc1NC(=O)[C@H](C)[NH+]1C[C@H](C)C[C@H](C)C1. The molecule has 4 atom stereocenters. The van der Waals surface area contributed by atoms with Gasteiger partial charge >= 0.3 is 0 Å². The van der Waals surface area contributed by atoms with Crippen LogP contribution in [0.3, 0.4) is 0 Å². The maximum Gasteiger partial charge on any atom is 0.282 e. The molecule has 0 bridgehead atoms. The number of quaternary nitrogens is 1. The van der Waals surface area contributed by atoms with E-state index in [4.69, 9.17) is 16.3 Å².